The molecule has 134 valence electrons. The topological polar surface area (TPSA) is 105 Å². The molecular formula is C16H24N2O5S. The average molecular weight is 356 g/mol. The van der Waals surface area contributed by atoms with Gasteiger partial charge in [0.2, 0.25) is 10.0 Å². The summed E-state index contributed by atoms with van der Waals surface area (Å²) in [5.74, 6) is -1.17. The Kier molecular flexibility index (Phi) is 6.20. The van der Waals surface area contributed by atoms with Crippen molar-refractivity contribution in [1.29, 1.82) is 0 Å². The standard InChI is InChI=1S/C16H24N2O5S/c1-3-11(2)18-15-7-6-13(9-14(15)16(19)20)24(21,22)17-10-12-5-4-8-23-12/h6-7,9,11-12,17-18H,3-5,8,10H2,1-2H3,(H,19,20). The monoisotopic (exact) mass is 356 g/mol. The van der Waals surface area contributed by atoms with Crippen molar-refractivity contribution in [2.45, 2.75) is 50.2 Å². The molecule has 1 aromatic carbocycles. The summed E-state index contributed by atoms with van der Waals surface area (Å²) in [5.41, 5.74) is 0.352. The molecular weight excluding hydrogens is 332 g/mol. The molecule has 0 amide bonds. The largest absolute Gasteiger partial charge is 0.478 e. The molecule has 1 aliphatic rings. The van der Waals surface area contributed by atoms with E-state index in [4.69, 9.17) is 4.74 Å². The Labute approximate surface area is 142 Å². The first-order valence-corrected chi connectivity index (χ1v) is 9.57. The van der Waals surface area contributed by atoms with Crippen molar-refractivity contribution >= 4 is 21.7 Å². The molecule has 0 radical (unpaired) electrons. The molecule has 1 heterocycles. The van der Waals surface area contributed by atoms with Gasteiger partial charge in [-0.3, -0.25) is 0 Å². The van der Waals surface area contributed by atoms with E-state index in [0.29, 0.717) is 12.3 Å². The van der Waals surface area contributed by atoms with Crippen molar-refractivity contribution in [1.82, 2.24) is 4.72 Å². The Bertz CT molecular complexity index is 684. The highest BCUT2D eigenvalue weighted by atomic mass is 32.2. The second-order valence-electron chi connectivity index (χ2n) is 5.95. The summed E-state index contributed by atoms with van der Waals surface area (Å²) >= 11 is 0. The van der Waals surface area contributed by atoms with Crippen LogP contribution in [0.3, 0.4) is 0 Å². The van der Waals surface area contributed by atoms with Gasteiger partial charge in [0.1, 0.15) is 0 Å². The first-order chi connectivity index (χ1) is 11.3. The molecule has 2 rings (SSSR count). The maximum atomic E-state index is 12.4. The number of benzene rings is 1. The van der Waals surface area contributed by atoms with Crippen LogP contribution in [0.4, 0.5) is 5.69 Å². The number of nitrogens with one attached hydrogen (secondary N) is 2. The van der Waals surface area contributed by atoms with Crippen LogP contribution in [0.2, 0.25) is 0 Å². The van der Waals surface area contributed by atoms with Crippen LogP contribution < -0.4 is 10.0 Å². The molecule has 1 aromatic rings. The van der Waals surface area contributed by atoms with Gasteiger partial charge in [0.05, 0.1) is 16.6 Å². The van der Waals surface area contributed by atoms with Crippen molar-refractivity contribution in [3.63, 3.8) is 0 Å². The second kappa shape index (κ2) is 7.96. The lowest BCUT2D eigenvalue weighted by atomic mass is 10.1. The Morgan fingerprint density at radius 2 is 2.21 bits per heavy atom. The fourth-order valence-corrected chi connectivity index (χ4v) is 3.54. The van der Waals surface area contributed by atoms with Gasteiger partial charge in [0.15, 0.2) is 0 Å². The number of sulfonamides is 1. The normalized spacial score (nSPS) is 19.2. The minimum atomic E-state index is -3.78. The average Bonchev–Trinajstić information content (AvgIpc) is 3.06. The van der Waals surface area contributed by atoms with Gasteiger partial charge in [-0.1, -0.05) is 6.92 Å². The Balaban J connectivity index is 2.19. The lowest BCUT2D eigenvalue weighted by Crippen LogP contribution is -2.32. The van der Waals surface area contributed by atoms with Gasteiger partial charge in [0.25, 0.3) is 0 Å². The molecule has 2 unspecified atom stereocenters. The molecule has 2 atom stereocenters. The number of carbonyl (C=O) groups is 1. The fraction of sp³-hybridized carbons (Fsp3) is 0.562. The van der Waals surface area contributed by atoms with Crippen LogP contribution >= 0.6 is 0 Å². The van der Waals surface area contributed by atoms with Gasteiger partial charge in [-0.15, -0.1) is 0 Å². The molecule has 1 aliphatic heterocycles. The van der Waals surface area contributed by atoms with Crippen LogP contribution in [-0.4, -0.2) is 44.8 Å². The van der Waals surface area contributed by atoms with Crippen LogP contribution in [0, 0.1) is 0 Å². The van der Waals surface area contributed by atoms with Crippen LogP contribution in [0.25, 0.3) is 0 Å². The van der Waals surface area contributed by atoms with Crippen molar-refractivity contribution in [3.05, 3.63) is 23.8 Å². The van der Waals surface area contributed by atoms with E-state index in [2.05, 4.69) is 10.0 Å². The molecule has 0 aromatic heterocycles. The Morgan fingerprint density at radius 1 is 1.46 bits per heavy atom. The zero-order chi connectivity index (χ0) is 17.7. The van der Waals surface area contributed by atoms with E-state index in [1.54, 1.807) is 0 Å². The maximum Gasteiger partial charge on any atom is 0.337 e. The van der Waals surface area contributed by atoms with E-state index in [1.165, 1.54) is 18.2 Å². The molecule has 3 N–H and O–H groups in total. The molecule has 8 heteroatoms. The number of anilines is 1. The summed E-state index contributed by atoms with van der Waals surface area (Å²) in [7, 11) is -3.78. The SMILES string of the molecule is CCC(C)Nc1ccc(S(=O)(=O)NCC2CCCO2)cc1C(=O)O. The minimum Gasteiger partial charge on any atom is -0.478 e. The Hall–Kier alpha value is -1.64. The van der Waals surface area contributed by atoms with Crippen molar-refractivity contribution in [2.75, 3.05) is 18.5 Å². The van der Waals surface area contributed by atoms with Crippen molar-refractivity contribution < 1.29 is 23.1 Å². The van der Waals surface area contributed by atoms with Gasteiger partial charge < -0.3 is 15.2 Å². The summed E-state index contributed by atoms with van der Waals surface area (Å²) < 4.78 is 32.6. The highest BCUT2D eigenvalue weighted by molar-refractivity contribution is 7.89. The molecule has 1 saturated heterocycles. The van der Waals surface area contributed by atoms with Gasteiger partial charge >= 0.3 is 5.97 Å². The highest BCUT2D eigenvalue weighted by Gasteiger charge is 2.22. The smallest absolute Gasteiger partial charge is 0.337 e. The van der Waals surface area contributed by atoms with Crippen LogP contribution in [0.5, 0.6) is 0 Å². The summed E-state index contributed by atoms with van der Waals surface area (Å²) in [6.07, 6.45) is 2.44. The predicted octanol–water partition coefficient (Wildman–Crippen LogP) is 2.05. The van der Waals surface area contributed by atoms with E-state index in [1.807, 2.05) is 13.8 Å². The molecule has 7 nitrogen and oxygen atoms in total. The molecule has 1 fully saturated rings. The quantitative estimate of drug-likeness (QED) is 0.658. The third kappa shape index (κ3) is 4.68. The van der Waals surface area contributed by atoms with Gasteiger partial charge in [-0.25, -0.2) is 17.9 Å². The summed E-state index contributed by atoms with van der Waals surface area (Å²) in [6.45, 7) is 4.74. The predicted molar refractivity (Wildman–Crippen MR) is 90.9 cm³/mol. The molecule has 0 aliphatic carbocycles. The molecule has 0 bridgehead atoms. The second-order valence-corrected chi connectivity index (χ2v) is 7.72. The Morgan fingerprint density at radius 3 is 2.79 bits per heavy atom. The van der Waals surface area contributed by atoms with Gasteiger partial charge in [0, 0.05) is 24.9 Å². The highest BCUT2D eigenvalue weighted by Crippen LogP contribution is 2.22. The summed E-state index contributed by atoms with van der Waals surface area (Å²) in [6, 6.07) is 4.18. The summed E-state index contributed by atoms with van der Waals surface area (Å²) in [4.78, 5) is 11.4. The van der Waals surface area contributed by atoms with Gasteiger partial charge in [-0.2, -0.15) is 0 Å². The third-order valence-corrected chi connectivity index (χ3v) is 5.49. The van der Waals surface area contributed by atoms with E-state index in [0.717, 1.165) is 19.3 Å². The fourth-order valence-electron chi connectivity index (χ4n) is 2.45. The number of rotatable bonds is 8. The minimum absolute atomic E-state index is 0.0599. The molecule has 24 heavy (non-hydrogen) atoms. The van der Waals surface area contributed by atoms with Crippen LogP contribution in [-0.2, 0) is 14.8 Å². The number of hydrogen-bond donors (Lipinski definition) is 3. The first kappa shape index (κ1) is 18.7. The third-order valence-electron chi connectivity index (χ3n) is 4.07. The summed E-state index contributed by atoms with van der Waals surface area (Å²) in [5, 5.41) is 12.4. The van der Waals surface area contributed by atoms with Crippen LogP contribution in [0.15, 0.2) is 23.1 Å². The molecule has 0 saturated carbocycles. The number of hydrogen-bond acceptors (Lipinski definition) is 5. The van der Waals surface area contributed by atoms with Crippen molar-refractivity contribution in [3.8, 4) is 0 Å². The first-order valence-electron chi connectivity index (χ1n) is 8.08. The number of carboxylic acids is 1. The van der Waals surface area contributed by atoms with Crippen molar-refractivity contribution in [2.24, 2.45) is 0 Å². The van der Waals surface area contributed by atoms with E-state index < -0.39 is 16.0 Å². The van der Waals surface area contributed by atoms with E-state index in [-0.39, 0.29) is 29.1 Å². The number of ether oxygens (including phenoxy) is 1. The lowest BCUT2D eigenvalue weighted by molar-refractivity contribution is 0.0697. The molecule has 0 spiro atoms. The zero-order valence-corrected chi connectivity index (χ0v) is 14.7. The number of carboxylic acid groups (broad SMARTS) is 1. The zero-order valence-electron chi connectivity index (χ0n) is 13.9. The van der Waals surface area contributed by atoms with E-state index >= 15 is 0 Å². The maximum absolute atomic E-state index is 12.4. The lowest BCUT2D eigenvalue weighted by Gasteiger charge is -2.16. The van der Waals surface area contributed by atoms with Gasteiger partial charge in [-0.05, 0) is 44.4 Å². The van der Waals surface area contributed by atoms with E-state index in [9.17, 15) is 18.3 Å². The van der Waals surface area contributed by atoms with Crippen LogP contribution in [0.1, 0.15) is 43.5 Å². The number of aromatic carboxylic acids is 1.